The zero-order valence-corrected chi connectivity index (χ0v) is 11.7. The van der Waals surface area contributed by atoms with Crippen LogP contribution in [-0.4, -0.2) is 40.9 Å². The molecule has 1 aromatic carbocycles. The third-order valence-corrected chi connectivity index (χ3v) is 3.62. The number of carbonyl (C=O) groups is 2. The van der Waals surface area contributed by atoms with Crippen LogP contribution >= 0.6 is 0 Å². The average Bonchev–Trinajstić information content (AvgIpc) is 2.96. The molecule has 2 aromatic rings. The van der Waals surface area contributed by atoms with Gasteiger partial charge in [-0.2, -0.15) is 0 Å². The topological polar surface area (TPSA) is 54.3 Å². The molecular weight excluding hydrogens is 266 g/mol. The Bertz CT molecular complexity index is 632. The molecule has 5 heteroatoms. The van der Waals surface area contributed by atoms with Gasteiger partial charge in [-0.15, -0.1) is 0 Å². The second kappa shape index (κ2) is 5.83. The van der Waals surface area contributed by atoms with E-state index >= 15 is 0 Å². The van der Waals surface area contributed by atoms with Crippen molar-refractivity contribution >= 4 is 11.8 Å². The summed E-state index contributed by atoms with van der Waals surface area (Å²) in [5.41, 5.74) is 1.67. The number of nitrogens with one attached hydrogen (secondary N) is 1. The molecular formula is C16H17N3O2. The van der Waals surface area contributed by atoms with E-state index in [1.165, 1.54) is 0 Å². The minimum Gasteiger partial charge on any atom is -0.354 e. The van der Waals surface area contributed by atoms with Gasteiger partial charge in [-0.05, 0) is 36.4 Å². The van der Waals surface area contributed by atoms with E-state index in [2.05, 4.69) is 5.32 Å². The molecule has 1 N–H and O–H groups in total. The van der Waals surface area contributed by atoms with E-state index in [-0.39, 0.29) is 11.8 Å². The molecule has 3 rings (SSSR count). The lowest BCUT2D eigenvalue weighted by molar-refractivity contribution is -0.120. The van der Waals surface area contributed by atoms with Gasteiger partial charge in [0.1, 0.15) is 0 Å². The zero-order valence-electron chi connectivity index (χ0n) is 11.7. The first kappa shape index (κ1) is 13.4. The third kappa shape index (κ3) is 2.97. The van der Waals surface area contributed by atoms with Crippen molar-refractivity contribution in [2.45, 2.75) is 6.42 Å². The predicted octanol–water partition coefficient (Wildman–Crippen LogP) is 1.44. The summed E-state index contributed by atoms with van der Waals surface area (Å²) in [6, 6.07) is 11.4. The molecule has 1 aliphatic heterocycles. The fourth-order valence-electron chi connectivity index (χ4n) is 2.44. The first-order valence-corrected chi connectivity index (χ1v) is 7.03. The molecule has 5 nitrogen and oxygen atoms in total. The molecule has 0 radical (unpaired) electrons. The van der Waals surface area contributed by atoms with Gasteiger partial charge in [0.05, 0.1) is 0 Å². The van der Waals surface area contributed by atoms with Gasteiger partial charge in [-0.25, -0.2) is 0 Å². The fourth-order valence-corrected chi connectivity index (χ4v) is 2.44. The monoisotopic (exact) mass is 283 g/mol. The summed E-state index contributed by atoms with van der Waals surface area (Å²) in [6.45, 7) is 1.56. The highest BCUT2D eigenvalue weighted by Gasteiger charge is 2.19. The third-order valence-electron chi connectivity index (χ3n) is 3.62. The minimum atomic E-state index is -0.0226. The number of aromatic nitrogens is 1. The molecule has 0 saturated carbocycles. The summed E-state index contributed by atoms with van der Waals surface area (Å²) in [7, 11) is 0. The van der Waals surface area contributed by atoms with Gasteiger partial charge in [0.2, 0.25) is 5.91 Å². The van der Waals surface area contributed by atoms with Gasteiger partial charge in [0, 0.05) is 49.7 Å². The van der Waals surface area contributed by atoms with Gasteiger partial charge >= 0.3 is 0 Å². The smallest absolute Gasteiger partial charge is 0.253 e. The Labute approximate surface area is 123 Å². The maximum atomic E-state index is 12.4. The van der Waals surface area contributed by atoms with Crippen molar-refractivity contribution in [3.63, 3.8) is 0 Å². The highest BCUT2D eigenvalue weighted by Crippen LogP contribution is 2.12. The molecule has 0 unspecified atom stereocenters. The van der Waals surface area contributed by atoms with Crippen LogP contribution in [0.2, 0.25) is 0 Å². The Morgan fingerprint density at radius 1 is 1.05 bits per heavy atom. The average molecular weight is 283 g/mol. The first-order chi connectivity index (χ1) is 10.2. The normalized spacial score (nSPS) is 15.4. The maximum Gasteiger partial charge on any atom is 0.253 e. The largest absolute Gasteiger partial charge is 0.354 e. The summed E-state index contributed by atoms with van der Waals surface area (Å²) >= 11 is 0. The van der Waals surface area contributed by atoms with Crippen LogP contribution in [-0.2, 0) is 4.79 Å². The van der Waals surface area contributed by atoms with E-state index < -0.39 is 0 Å². The van der Waals surface area contributed by atoms with Crippen LogP contribution in [0.4, 0.5) is 0 Å². The van der Waals surface area contributed by atoms with Gasteiger partial charge < -0.3 is 14.8 Å². The van der Waals surface area contributed by atoms with Crippen molar-refractivity contribution in [1.29, 1.82) is 0 Å². The molecule has 1 aromatic heterocycles. The SMILES string of the molecule is O=C1CCN(C(=O)c2ccc(-n3cccc3)cc2)CCN1. The Balaban J connectivity index is 1.74. The van der Waals surface area contributed by atoms with Crippen LogP contribution in [0.25, 0.3) is 5.69 Å². The highest BCUT2D eigenvalue weighted by molar-refractivity contribution is 5.94. The summed E-state index contributed by atoms with van der Waals surface area (Å²) < 4.78 is 1.99. The van der Waals surface area contributed by atoms with Gasteiger partial charge in [-0.1, -0.05) is 0 Å². The summed E-state index contributed by atoms with van der Waals surface area (Å²) in [6.07, 6.45) is 4.29. The Hall–Kier alpha value is -2.56. The number of benzene rings is 1. The van der Waals surface area contributed by atoms with Gasteiger partial charge in [0.25, 0.3) is 5.91 Å². The van der Waals surface area contributed by atoms with Crippen molar-refractivity contribution < 1.29 is 9.59 Å². The van der Waals surface area contributed by atoms with E-state index in [1.54, 1.807) is 4.90 Å². The molecule has 0 spiro atoms. The van der Waals surface area contributed by atoms with Crippen molar-refractivity contribution in [2.75, 3.05) is 19.6 Å². The molecule has 1 aliphatic rings. The summed E-state index contributed by atoms with van der Waals surface area (Å²) in [4.78, 5) is 25.5. The van der Waals surface area contributed by atoms with E-state index in [4.69, 9.17) is 0 Å². The molecule has 1 fully saturated rings. The number of rotatable bonds is 2. The number of carbonyl (C=O) groups excluding carboxylic acids is 2. The summed E-state index contributed by atoms with van der Waals surface area (Å²) in [5.74, 6) is -0.0150. The Morgan fingerprint density at radius 3 is 2.48 bits per heavy atom. The lowest BCUT2D eigenvalue weighted by Crippen LogP contribution is -2.34. The van der Waals surface area contributed by atoms with Crippen molar-refractivity contribution in [3.05, 3.63) is 54.4 Å². The van der Waals surface area contributed by atoms with Gasteiger partial charge in [0.15, 0.2) is 0 Å². The molecule has 0 aliphatic carbocycles. The van der Waals surface area contributed by atoms with Crippen LogP contribution < -0.4 is 5.32 Å². The number of hydrogen-bond donors (Lipinski definition) is 1. The predicted molar refractivity (Wildman–Crippen MR) is 79.3 cm³/mol. The zero-order chi connectivity index (χ0) is 14.7. The molecule has 0 bridgehead atoms. The molecule has 2 heterocycles. The highest BCUT2D eigenvalue weighted by atomic mass is 16.2. The number of amides is 2. The number of nitrogens with zero attached hydrogens (tertiary/aromatic N) is 2. The lowest BCUT2D eigenvalue weighted by atomic mass is 10.1. The van der Waals surface area contributed by atoms with E-state index in [9.17, 15) is 9.59 Å². The molecule has 2 amide bonds. The Morgan fingerprint density at radius 2 is 1.76 bits per heavy atom. The second-order valence-electron chi connectivity index (χ2n) is 5.03. The van der Waals surface area contributed by atoms with Gasteiger partial charge in [-0.3, -0.25) is 9.59 Å². The molecule has 1 saturated heterocycles. The second-order valence-corrected chi connectivity index (χ2v) is 5.03. The van der Waals surface area contributed by atoms with Crippen LogP contribution in [0.15, 0.2) is 48.8 Å². The maximum absolute atomic E-state index is 12.4. The molecule has 21 heavy (non-hydrogen) atoms. The van der Waals surface area contributed by atoms with E-state index in [1.807, 2.05) is 53.4 Å². The fraction of sp³-hybridized carbons (Fsp3) is 0.250. The van der Waals surface area contributed by atoms with E-state index in [0.717, 1.165) is 5.69 Å². The molecule has 108 valence electrons. The van der Waals surface area contributed by atoms with Crippen LogP contribution in [0.3, 0.4) is 0 Å². The van der Waals surface area contributed by atoms with Crippen molar-refractivity contribution in [1.82, 2.24) is 14.8 Å². The minimum absolute atomic E-state index is 0.00764. The van der Waals surface area contributed by atoms with Crippen LogP contribution in [0.1, 0.15) is 16.8 Å². The Kier molecular flexibility index (Phi) is 3.73. The first-order valence-electron chi connectivity index (χ1n) is 7.03. The molecule has 0 atom stereocenters. The van der Waals surface area contributed by atoms with Crippen molar-refractivity contribution in [2.24, 2.45) is 0 Å². The standard InChI is InChI=1S/C16H17N3O2/c20-15-7-11-19(12-8-17-15)16(21)13-3-5-14(6-4-13)18-9-1-2-10-18/h1-6,9-10H,7-8,11-12H2,(H,17,20). The lowest BCUT2D eigenvalue weighted by Gasteiger charge is -2.19. The quantitative estimate of drug-likeness (QED) is 0.906. The van der Waals surface area contributed by atoms with Crippen LogP contribution in [0.5, 0.6) is 0 Å². The van der Waals surface area contributed by atoms with Crippen molar-refractivity contribution in [3.8, 4) is 5.69 Å². The van der Waals surface area contributed by atoms with E-state index in [0.29, 0.717) is 31.6 Å². The number of hydrogen-bond acceptors (Lipinski definition) is 2. The van der Waals surface area contributed by atoms with Crippen LogP contribution in [0, 0.1) is 0 Å². The summed E-state index contributed by atoms with van der Waals surface area (Å²) in [5, 5.41) is 2.77.